The maximum atomic E-state index is 12.3. The molecule has 5 nitrogen and oxygen atoms in total. The lowest BCUT2D eigenvalue weighted by Gasteiger charge is -2.22. The second-order valence-electron chi connectivity index (χ2n) is 5.43. The van der Waals surface area contributed by atoms with Gasteiger partial charge in [-0.3, -0.25) is 14.5 Å². The second kappa shape index (κ2) is 6.12. The minimum atomic E-state index is -0.218. The zero-order valence-electron chi connectivity index (χ0n) is 13.2. The zero-order chi connectivity index (χ0) is 16.4. The van der Waals surface area contributed by atoms with Crippen molar-refractivity contribution in [1.29, 1.82) is 0 Å². The molecule has 2 aromatic carbocycles. The van der Waals surface area contributed by atoms with Crippen LogP contribution in [0.4, 0.5) is 5.69 Å². The first-order chi connectivity index (χ1) is 11.1. The third kappa shape index (κ3) is 2.77. The van der Waals surface area contributed by atoms with Crippen LogP contribution in [0, 0.1) is 0 Å². The van der Waals surface area contributed by atoms with Gasteiger partial charge in [0.15, 0.2) is 0 Å². The van der Waals surface area contributed by atoms with Crippen LogP contribution in [-0.4, -0.2) is 44.0 Å². The van der Waals surface area contributed by atoms with Gasteiger partial charge in [0, 0.05) is 31.9 Å². The molecule has 2 amide bonds. The molecule has 118 valence electrons. The van der Waals surface area contributed by atoms with Gasteiger partial charge in [0.1, 0.15) is 5.75 Å². The van der Waals surface area contributed by atoms with E-state index in [-0.39, 0.29) is 11.8 Å². The summed E-state index contributed by atoms with van der Waals surface area (Å²) < 4.78 is 5.21. The highest BCUT2D eigenvalue weighted by atomic mass is 16.5. The maximum absolute atomic E-state index is 12.3. The predicted molar refractivity (Wildman–Crippen MR) is 88.1 cm³/mol. The average molecular weight is 310 g/mol. The number of carbonyl (C=O) groups excluding carboxylic acids is 2. The quantitative estimate of drug-likeness (QED) is 0.796. The van der Waals surface area contributed by atoms with Crippen LogP contribution >= 0.6 is 0 Å². The Balaban J connectivity index is 1.69. The standard InChI is InChI=1S/C18H18N2O3/c1-19(13-6-5-7-14(12-13)23-2)10-11-20-17(21)15-8-3-4-9-16(15)18(20)22/h3-9,12H,10-11H2,1-2H3. The van der Waals surface area contributed by atoms with Crippen molar-refractivity contribution in [1.82, 2.24) is 4.90 Å². The Morgan fingerprint density at radius 1 is 1.00 bits per heavy atom. The highest BCUT2D eigenvalue weighted by Gasteiger charge is 2.34. The largest absolute Gasteiger partial charge is 0.497 e. The first-order valence-corrected chi connectivity index (χ1v) is 7.42. The van der Waals surface area contributed by atoms with Gasteiger partial charge < -0.3 is 9.64 Å². The summed E-state index contributed by atoms with van der Waals surface area (Å²) in [6.07, 6.45) is 0. The number of likely N-dealkylation sites (N-methyl/N-ethyl adjacent to an activating group) is 1. The van der Waals surface area contributed by atoms with Gasteiger partial charge in [-0.25, -0.2) is 0 Å². The maximum Gasteiger partial charge on any atom is 0.261 e. The molecule has 0 radical (unpaired) electrons. The lowest BCUT2D eigenvalue weighted by Crippen LogP contribution is -2.37. The van der Waals surface area contributed by atoms with E-state index >= 15 is 0 Å². The van der Waals surface area contributed by atoms with Gasteiger partial charge in [-0.2, -0.15) is 0 Å². The molecule has 0 fully saturated rings. The number of fused-ring (bicyclic) bond motifs is 1. The summed E-state index contributed by atoms with van der Waals surface area (Å²) in [5.41, 5.74) is 1.95. The Morgan fingerprint density at radius 2 is 1.65 bits per heavy atom. The summed E-state index contributed by atoms with van der Waals surface area (Å²) in [7, 11) is 3.55. The fourth-order valence-electron chi connectivity index (χ4n) is 2.67. The molecule has 1 aliphatic heterocycles. The first-order valence-electron chi connectivity index (χ1n) is 7.42. The van der Waals surface area contributed by atoms with Crippen LogP contribution in [0.15, 0.2) is 48.5 Å². The van der Waals surface area contributed by atoms with E-state index in [0.29, 0.717) is 24.2 Å². The summed E-state index contributed by atoms with van der Waals surface area (Å²) >= 11 is 0. The van der Waals surface area contributed by atoms with Gasteiger partial charge in [-0.1, -0.05) is 18.2 Å². The Bertz CT molecular complexity index is 722. The van der Waals surface area contributed by atoms with Crippen molar-refractivity contribution in [2.45, 2.75) is 0 Å². The third-order valence-electron chi connectivity index (χ3n) is 4.03. The molecule has 0 unspecified atom stereocenters. The fourth-order valence-corrected chi connectivity index (χ4v) is 2.67. The average Bonchev–Trinajstić information content (AvgIpc) is 2.84. The zero-order valence-corrected chi connectivity index (χ0v) is 13.2. The Morgan fingerprint density at radius 3 is 2.26 bits per heavy atom. The summed E-state index contributed by atoms with van der Waals surface area (Å²) in [6, 6.07) is 14.6. The normalized spacial score (nSPS) is 13.2. The monoisotopic (exact) mass is 310 g/mol. The molecule has 0 bridgehead atoms. The van der Waals surface area contributed by atoms with Gasteiger partial charge in [0.25, 0.3) is 11.8 Å². The van der Waals surface area contributed by atoms with E-state index in [1.54, 1.807) is 31.4 Å². The Hall–Kier alpha value is -2.82. The predicted octanol–water partition coefficient (Wildman–Crippen LogP) is 2.43. The number of nitrogens with zero attached hydrogens (tertiary/aromatic N) is 2. The summed E-state index contributed by atoms with van der Waals surface area (Å²) in [4.78, 5) is 27.9. The molecule has 0 atom stereocenters. The minimum absolute atomic E-state index is 0.218. The highest BCUT2D eigenvalue weighted by molar-refractivity contribution is 6.21. The lowest BCUT2D eigenvalue weighted by molar-refractivity contribution is 0.0658. The molecule has 1 aliphatic rings. The van der Waals surface area contributed by atoms with Crippen molar-refractivity contribution in [2.24, 2.45) is 0 Å². The van der Waals surface area contributed by atoms with E-state index in [9.17, 15) is 9.59 Å². The number of rotatable bonds is 5. The SMILES string of the molecule is COc1cccc(N(C)CCN2C(=O)c3ccccc3C2=O)c1. The van der Waals surface area contributed by atoms with Crippen LogP contribution in [0.25, 0.3) is 0 Å². The summed E-state index contributed by atoms with van der Waals surface area (Å²) in [6.45, 7) is 0.901. The number of imide groups is 1. The minimum Gasteiger partial charge on any atom is -0.497 e. The van der Waals surface area contributed by atoms with Crippen LogP contribution in [0.5, 0.6) is 5.75 Å². The lowest BCUT2D eigenvalue weighted by atomic mass is 10.1. The number of amides is 2. The smallest absolute Gasteiger partial charge is 0.261 e. The van der Waals surface area contributed by atoms with Crippen LogP contribution < -0.4 is 9.64 Å². The van der Waals surface area contributed by atoms with Crippen molar-refractivity contribution in [2.75, 3.05) is 32.1 Å². The summed E-state index contributed by atoms with van der Waals surface area (Å²) in [5.74, 6) is 0.337. The van der Waals surface area contributed by atoms with Crippen molar-refractivity contribution >= 4 is 17.5 Å². The molecule has 0 spiro atoms. The molecule has 2 aromatic rings. The summed E-state index contributed by atoms with van der Waals surface area (Å²) in [5, 5.41) is 0. The van der Waals surface area contributed by atoms with Gasteiger partial charge in [-0.15, -0.1) is 0 Å². The Labute approximate surface area is 135 Å². The molecule has 5 heteroatoms. The number of carbonyl (C=O) groups is 2. The van der Waals surface area contributed by atoms with Crippen LogP contribution in [0.3, 0.4) is 0 Å². The van der Waals surface area contributed by atoms with E-state index < -0.39 is 0 Å². The fraction of sp³-hybridized carbons (Fsp3) is 0.222. The third-order valence-corrected chi connectivity index (χ3v) is 4.03. The highest BCUT2D eigenvalue weighted by Crippen LogP contribution is 2.23. The molecule has 1 heterocycles. The van der Waals surface area contributed by atoms with E-state index in [2.05, 4.69) is 0 Å². The van der Waals surface area contributed by atoms with Gasteiger partial charge in [-0.05, 0) is 24.3 Å². The van der Waals surface area contributed by atoms with Crippen molar-refractivity contribution in [3.8, 4) is 5.75 Å². The van der Waals surface area contributed by atoms with Crippen molar-refractivity contribution < 1.29 is 14.3 Å². The van der Waals surface area contributed by atoms with E-state index in [0.717, 1.165) is 11.4 Å². The number of benzene rings is 2. The van der Waals surface area contributed by atoms with Crippen LogP contribution in [0.1, 0.15) is 20.7 Å². The topological polar surface area (TPSA) is 49.9 Å². The number of anilines is 1. The Kier molecular flexibility index (Phi) is 4.02. The second-order valence-corrected chi connectivity index (χ2v) is 5.43. The van der Waals surface area contributed by atoms with Gasteiger partial charge >= 0.3 is 0 Å². The van der Waals surface area contributed by atoms with Crippen molar-refractivity contribution in [3.63, 3.8) is 0 Å². The molecule has 0 saturated heterocycles. The molecular weight excluding hydrogens is 292 g/mol. The molecule has 0 N–H and O–H groups in total. The number of hydrogen-bond acceptors (Lipinski definition) is 4. The van der Waals surface area contributed by atoms with E-state index in [1.807, 2.05) is 36.2 Å². The molecule has 0 aromatic heterocycles. The number of ether oxygens (including phenoxy) is 1. The molecule has 0 saturated carbocycles. The van der Waals surface area contributed by atoms with E-state index in [1.165, 1.54) is 4.90 Å². The molecule has 0 aliphatic carbocycles. The number of hydrogen-bond donors (Lipinski definition) is 0. The first kappa shape index (κ1) is 15.1. The molecular formula is C18H18N2O3. The number of methoxy groups -OCH3 is 1. The van der Waals surface area contributed by atoms with Crippen molar-refractivity contribution in [3.05, 3.63) is 59.7 Å². The van der Waals surface area contributed by atoms with Gasteiger partial charge in [0.2, 0.25) is 0 Å². The van der Waals surface area contributed by atoms with Crippen LogP contribution in [-0.2, 0) is 0 Å². The molecule has 23 heavy (non-hydrogen) atoms. The van der Waals surface area contributed by atoms with E-state index in [4.69, 9.17) is 4.74 Å². The molecule has 3 rings (SSSR count). The van der Waals surface area contributed by atoms with Gasteiger partial charge in [0.05, 0.1) is 18.2 Å². The van der Waals surface area contributed by atoms with Crippen LogP contribution in [0.2, 0.25) is 0 Å².